The minimum absolute atomic E-state index is 0.0787. The van der Waals surface area contributed by atoms with Crippen LogP contribution in [0.15, 0.2) is 30.6 Å². The van der Waals surface area contributed by atoms with Crippen LogP contribution >= 0.6 is 0 Å². The predicted octanol–water partition coefficient (Wildman–Crippen LogP) is -3.02. The number of nitrogens with zero attached hydrogens (tertiary/aromatic N) is 5. The van der Waals surface area contributed by atoms with Crippen LogP contribution in [0.3, 0.4) is 0 Å². The number of anilines is 1. The second-order valence-electron chi connectivity index (χ2n) is 10.7. The molecular formula is C28H36N8O8. The lowest BCUT2D eigenvalue weighted by Crippen LogP contribution is -2.41. The highest BCUT2D eigenvalue weighted by atomic mass is 16.6. The molecule has 0 radical (unpaired) electrons. The second kappa shape index (κ2) is 13.5. The summed E-state index contributed by atoms with van der Waals surface area (Å²) >= 11 is 0. The summed E-state index contributed by atoms with van der Waals surface area (Å²) in [4.78, 5) is 26.2. The molecule has 5 rings (SSSR count). The van der Waals surface area contributed by atoms with Crippen molar-refractivity contribution >= 4 is 22.9 Å². The van der Waals surface area contributed by atoms with Gasteiger partial charge in [0.15, 0.2) is 29.0 Å². The number of amides is 1. The van der Waals surface area contributed by atoms with Crippen LogP contribution in [-0.4, -0.2) is 125 Å². The zero-order chi connectivity index (χ0) is 31.5. The Labute approximate surface area is 252 Å². The van der Waals surface area contributed by atoms with Gasteiger partial charge in [0.05, 0.1) is 19.3 Å². The summed E-state index contributed by atoms with van der Waals surface area (Å²) < 4.78 is 13.2. The van der Waals surface area contributed by atoms with E-state index in [1.165, 1.54) is 17.0 Å². The number of benzene rings is 1. The smallest absolute Gasteiger partial charge is 0.248 e. The van der Waals surface area contributed by atoms with Crippen molar-refractivity contribution in [1.29, 1.82) is 0 Å². The van der Waals surface area contributed by atoms with Gasteiger partial charge in [0.25, 0.3) is 0 Å². The van der Waals surface area contributed by atoms with Crippen LogP contribution in [0.2, 0.25) is 0 Å². The molecular weight excluding hydrogens is 576 g/mol. The maximum absolute atomic E-state index is 11.6. The molecule has 16 heteroatoms. The minimum atomic E-state index is -1.41. The lowest BCUT2D eigenvalue weighted by atomic mass is 9.99. The predicted molar refractivity (Wildman–Crippen MR) is 154 cm³/mol. The van der Waals surface area contributed by atoms with Gasteiger partial charge < -0.3 is 52.2 Å². The Balaban J connectivity index is 1.37. The molecule has 0 saturated carbocycles. The summed E-state index contributed by atoms with van der Waals surface area (Å²) in [5.74, 6) is 5.57. The zero-order valence-electron chi connectivity index (χ0n) is 23.7. The van der Waals surface area contributed by atoms with Crippen LogP contribution in [0.5, 0.6) is 0 Å². The molecule has 16 nitrogen and oxygen atoms in total. The molecule has 3 aromatic rings. The third-order valence-electron chi connectivity index (χ3n) is 7.76. The van der Waals surface area contributed by atoms with Crippen molar-refractivity contribution in [2.24, 2.45) is 11.5 Å². The van der Waals surface area contributed by atoms with Crippen LogP contribution in [0.1, 0.15) is 40.5 Å². The molecule has 2 saturated heterocycles. The van der Waals surface area contributed by atoms with E-state index in [9.17, 15) is 30.3 Å². The molecule has 0 bridgehead atoms. The number of fused-ring (bicyclic) bond motifs is 1. The fraction of sp³-hybridized carbons (Fsp3) is 0.500. The highest BCUT2D eigenvalue weighted by Gasteiger charge is 2.45. The van der Waals surface area contributed by atoms with Gasteiger partial charge in [0.2, 0.25) is 5.91 Å². The number of carbonyl (C=O) groups is 1. The Morgan fingerprint density at radius 2 is 1.84 bits per heavy atom. The number of aliphatic hydroxyl groups excluding tert-OH is 5. The molecule has 2 aliphatic rings. The molecule has 1 aromatic carbocycles. The van der Waals surface area contributed by atoms with Crippen molar-refractivity contribution in [1.82, 2.24) is 24.4 Å². The van der Waals surface area contributed by atoms with Crippen LogP contribution in [0.4, 0.5) is 5.82 Å². The third-order valence-corrected chi connectivity index (χ3v) is 7.76. The first-order chi connectivity index (χ1) is 21.1. The van der Waals surface area contributed by atoms with Crippen LogP contribution < -0.4 is 17.2 Å². The number of primary amides is 1. The lowest BCUT2D eigenvalue weighted by molar-refractivity contribution is -0.0514. The SMILES string of the molecule is NCCCN(CC#Cc1nc2c(N)ncnc2n1C1OC(CO)C(O)C1O)CC1OC(c2cccc(C(N)=O)c2)C(O)C1O. The number of imidazole rings is 1. The maximum atomic E-state index is 11.6. The first-order valence-electron chi connectivity index (χ1n) is 14.1. The topological polar surface area (TPSA) is 262 Å². The monoisotopic (exact) mass is 612 g/mol. The lowest BCUT2D eigenvalue weighted by Gasteiger charge is -2.24. The molecule has 0 aliphatic carbocycles. The third kappa shape index (κ3) is 6.23. The summed E-state index contributed by atoms with van der Waals surface area (Å²) in [5.41, 5.74) is 18.4. The molecule has 1 amide bonds. The molecule has 44 heavy (non-hydrogen) atoms. The van der Waals surface area contributed by atoms with E-state index in [1.54, 1.807) is 18.2 Å². The Morgan fingerprint density at radius 3 is 2.55 bits per heavy atom. The standard InChI is InChI=1S/C28H36N8O8/c29-7-3-9-35(11-16-20(38)22(40)24(43-16)14-4-1-5-15(10-14)26(31)42)8-2-6-18-34-19-25(30)32-13-33-27(19)36(18)28-23(41)21(39)17(12-37)44-28/h1,4-5,10,13,16-17,20-24,28,37-41H,3,7-9,11-12,29H2,(H2,31,42)(H2,30,32,33). The second-order valence-corrected chi connectivity index (χ2v) is 10.7. The van der Waals surface area contributed by atoms with Gasteiger partial charge in [-0.3, -0.25) is 14.3 Å². The van der Waals surface area contributed by atoms with Crippen LogP contribution in [0, 0.1) is 11.8 Å². The number of hydrogen-bond donors (Lipinski definition) is 8. The molecule has 8 unspecified atom stereocenters. The Morgan fingerprint density at radius 1 is 1.07 bits per heavy atom. The summed E-state index contributed by atoms with van der Waals surface area (Å²) in [7, 11) is 0. The number of aliphatic hydroxyl groups is 5. The van der Waals surface area contributed by atoms with E-state index in [1.807, 2.05) is 4.90 Å². The first-order valence-corrected chi connectivity index (χ1v) is 14.1. The van der Waals surface area contributed by atoms with Gasteiger partial charge in [-0.15, -0.1) is 0 Å². The molecule has 0 spiro atoms. The highest BCUT2D eigenvalue weighted by molar-refractivity contribution is 5.92. The van der Waals surface area contributed by atoms with Crippen molar-refractivity contribution in [2.45, 2.75) is 55.4 Å². The summed E-state index contributed by atoms with van der Waals surface area (Å²) in [6.07, 6.45) is -7.25. The number of nitrogens with two attached hydrogens (primary N) is 3. The molecule has 2 aliphatic heterocycles. The fourth-order valence-electron chi connectivity index (χ4n) is 5.43. The summed E-state index contributed by atoms with van der Waals surface area (Å²) in [5, 5.41) is 52.2. The van der Waals surface area contributed by atoms with Gasteiger partial charge in [-0.1, -0.05) is 18.1 Å². The number of rotatable bonds is 10. The average Bonchev–Trinajstić information content (AvgIpc) is 3.62. The maximum Gasteiger partial charge on any atom is 0.248 e. The van der Waals surface area contributed by atoms with Gasteiger partial charge in [0, 0.05) is 18.7 Å². The van der Waals surface area contributed by atoms with Gasteiger partial charge in [-0.25, -0.2) is 15.0 Å². The van der Waals surface area contributed by atoms with Gasteiger partial charge in [0.1, 0.15) is 43.0 Å². The zero-order valence-corrected chi connectivity index (χ0v) is 23.7. The van der Waals surface area contributed by atoms with E-state index >= 15 is 0 Å². The molecule has 2 aromatic heterocycles. The van der Waals surface area contributed by atoms with E-state index in [-0.39, 0.29) is 41.5 Å². The Bertz CT molecular complexity index is 1540. The van der Waals surface area contributed by atoms with Crippen molar-refractivity contribution < 1.29 is 39.8 Å². The van der Waals surface area contributed by atoms with Gasteiger partial charge in [-0.2, -0.15) is 0 Å². The molecule has 8 atom stereocenters. The van der Waals surface area contributed by atoms with E-state index in [4.69, 9.17) is 26.7 Å². The highest BCUT2D eigenvalue weighted by Crippen LogP contribution is 2.35. The number of nitrogen functional groups attached to an aromatic ring is 1. The van der Waals surface area contributed by atoms with Crippen LogP contribution in [-0.2, 0) is 9.47 Å². The van der Waals surface area contributed by atoms with E-state index < -0.39 is 61.5 Å². The van der Waals surface area contributed by atoms with Crippen molar-refractivity contribution in [2.75, 3.05) is 38.5 Å². The van der Waals surface area contributed by atoms with Crippen molar-refractivity contribution in [3.63, 3.8) is 0 Å². The number of carbonyl (C=O) groups excluding carboxylic acids is 1. The quantitative estimate of drug-likeness (QED) is 0.106. The largest absolute Gasteiger partial charge is 0.394 e. The molecule has 11 N–H and O–H groups in total. The van der Waals surface area contributed by atoms with Gasteiger partial charge >= 0.3 is 0 Å². The fourth-order valence-corrected chi connectivity index (χ4v) is 5.43. The Hall–Kier alpha value is -3.76. The van der Waals surface area contributed by atoms with Crippen LogP contribution in [0.25, 0.3) is 11.2 Å². The van der Waals surface area contributed by atoms with Crippen molar-refractivity contribution in [3.05, 3.63) is 47.5 Å². The molecule has 236 valence electrons. The van der Waals surface area contributed by atoms with E-state index in [2.05, 4.69) is 26.8 Å². The average molecular weight is 613 g/mol. The summed E-state index contributed by atoms with van der Waals surface area (Å²) in [6, 6.07) is 6.39. The van der Waals surface area contributed by atoms with E-state index in [0.29, 0.717) is 25.1 Å². The van der Waals surface area contributed by atoms with Gasteiger partial charge in [-0.05, 0) is 36.6 Å². The first kappa shape index (κ1) is 31.7. The summed E-state index contributed by atoms with van der Waals surface area (Å²) in [6.45, 7) is 0.756. The number of ether oxygens (including phenoxy) is 2. The van der Waals surface area contributed by atoms with Crippen molar-refractivity contribution in [3.8, 4) is 11.8 Å². The number of hydrogen-bond acceptors (Lipinski definition) is 14. The normalized spacial score (nSPS) is 28.4. The Kier molecular flexibility index (Phi) is 9.70. The minimum Gasteiger partial charge on any atom is -0.394 e. The van der Waals surface area contributed by atoms with E-state index in [0.717, 1.165) is 0 Å². The molecule has 2 fully saturated rings. The number of aromatic nitrogens is 4. The molecule has 4 heterocycles.